The number of ether oxygens (including phenoxy) is 1. The largest absolute Gasteiger partial charge is 0.491 e. The maximum atomic E-state index is 13.7. The van der Waals surface area contributed by atoms with E-state index >= 15 is 0 Å². The molecule has 2 aromatic heterocycles. The lowest BCUT2D eigenvalue weighted by Gasteiger charge is -2.28. The standard InChI is InChI=1S/C24H20F3N5O2/c1-12-21-22(28)30-17-7-2-13(8-18(17)31(21)11-29-12)23(33)32(15-4-5-15)19-10-34-20-9-14(24(25,26)27)3-6-16(19)20/h2-3,6-9,11,15,19H,4-5,10H2,1H3,(H2,28,30)/t19-/m0/s1. The van der Waals surface area contributed by atoms with Crippen LogP contribution in [0.15, 0.2) is 42.7 Å². The summed E-state index contributed by atoms with van der Waals surface area (Å²) in [7, 11) is 0. The van der Waals surface area contributed by atoms with Crippen molar-refractivity contribution in [2.45, 2.75) is 38.0 Å². The maximum Gasteiger partial charge on any atom is 0.416 e. The number of carbonyl (C=O) groups excluding carboxylic acids is 1. The molecule has 34 heavy (non-hydrogen) atoms. The number of carbonyl (C=O) groups is 1. The fourth-order valence-electron chi connectivity index (χ4n) is 4.72. The summed E-state index contributed by atoms with van der Waals surface area (Å²) < 4.78 is 46.8. The minimum Gasteiger partial charge on any atom is -0.491 e. The lowest BCUT2D eigenvalue weighted by atomic mass is 10.0. The molecule has 1 aliphatic heterocycles. The first-order valence-corrected chi connectivity index (χ1v) is 10.9. The van der Waals surface area contributed by atoms with Gasteiger partial charge in [-0.15, -0.1) is 0 Å². The minimum absolute atomic E-state index is 0.0186. The number of halogens is 3. The molecular weight excluding hydrogens is 447 g/mol. The number of hydrogen-bond acceptors (Lipinski definition) is 5. The van der Waals surface area contributed by atoms with Crippen LogP contribution in [0.4, 0.5) is 19.0 Å². The summed E-state index contributed by atoms with van der Waals surface area (Å²) in [6, 6.07) is 8.24. The zero-order valence-electron chi connectivity index (χ0n) is 18.1. The summed E-state index contributed by atoms with van der Waals surface area (Å²) in [6.07, 6.45) is -1.12. The molecule has 0 radical (unpaired) electrons. The van der Waals surface area contributed by atoms with Crippen LogP contribution in [0.1, 0.15) is 46.1 Å². The van der Waals surface area contributed by atoms with Gasteiger partial charge in [0.25, 0.3) is 5.91 Å². The van der Waals surface area contributed by atoms with Gasteiger partial charge in [0.1, 0.15) is 30.0 Å². The Balaban J connectivity index is 1.40. The molecule has 1 saturated carbocycles. The van der Waals surface area contributed by atoms with E-state index in [-0.39, 0.29) is 24.3 Å². The topological polar surface area (TPSA) is 85.8 Å². The van der Waals surface area contributed by atoms with Crippen LogP contribution in [0.25, 0.3) is 16.6 Å². The number of rotatable bonds is 3. The molecule has 174 valence electrons. The summed E-state index contributed by atoms with van der Waals surface area (Å²) in [5.74, 6) is 0.332. The van der Waals surface area contributed by atoms with E-state index in [4.69, 9.17) is 10.5 Å². The Hall–Kier alpha value is -3.82. The molecule has 0 bridgehead atoms. The van der Waals surface area contributed by atoms with Crippen molar-refractivity contribution in [3.05, 3.63) is 65.1 Å². The van der Waals surface area contributed by atoms with Crippen molar-refractivity contribution in [2.24, 2.45) is 0 Å². The predicted molar refractivity (Wildman–Crippen MR) is 119 cm³/mol. The zero-order chi connectivity index (χ0) is 23.8. The van der Waals surface area contributed by atoms with Crippen molar-refractivity contribution in [1.29, 1.82) is 0 Å². The molecular formula is C24H20F3N5O2. The SMILES string of the molecule is Cc1ncn2c1c(N)nc1ccc(C(=O)N(C3CC3)[C@H]3COc4cc(C(F)(F)F)ccc43)cc12. The van der Waals surface area contributed by atoms with Crippen molar-refractivity contribution in [3.63, 3.8) is 0 Å². The molecule has 2 N–H and O–H groups in total. The number of amides is 1. The number of nitrogen functional groups attached to an aromatic ring is 1. The summed E-state index contributed by atoms with van der Waals surface area (Å²) in [5.41, 5.74) is 9.14. The molecule has 1 atom stereocenters. The van der Waals surface area contributed by atoms with Gasteiger partial charge in [-0.05, 0) is 50.1 Å². The third-order valence-electron chi connectivity index (χ3n) is 6.52. The van der Waals surface area contributed by atoms with E-state index in [1.54, 1.807) is 29.4 Å². The number of hydrogen-bond donors (Lipinski definition) is 1. The third-order valence-corrected chi connectivity index (χ3v) is 6.52. The number of fused-ring (bicyclic) bond motifs is 4. The highest BCUT2D eigenvalue weighted by Crippen LogP contribution is 2.44. The average Bonchev–Trinajstić information content (AvgIpc) is 3.42. The number of aryl methyl sites for hydroxylation is 1. The Morgan fingerprint density at radius 2 is 2.00 bits per heavy atom. The number of imidazole rings is 1. The number of aromatic nitrogens is 3. The second-order valence-electron chi connectivity index (χ2n) is 8.77. The molecule has 3 heterocycles. The Kier molecular flexibility index (Phi) is 4.33. The normalized spacial score (nSPS) is 17.7. The van der Waals surface area contributed by atoms with Crippen LogP contribution < -0.4 is 10.5 Å². The average molecular weight is 467 g/mol. The maximum absolute atomic E-state index is 13.7. The number of nitrogens with zero attached hydrogens (tertiary/aromatic N) is 4. The molecule has 10 heteroatoms. The van der Waals surface area contributed by atoms with Gasteiger partial charge < -0.3 is 15.4 Å². The van der Waals surface area contributed by atoms with Gasteiger partial charge in [0.05, 0.1) is 28.3 Å². The lowest BCUT2D eigenvalue weighted by molar-refractivity contribution is -0.137. The number of anilines is 1. The molecule has 4 aromatic rings. The van der Waals surface area contributed by atoms with Crippen molar-refractivity contribution < 1.29 is 22.7 Å². The molecule has 2 aromatic carbocycles. The second kappa shape index (κ2) is 7.09. The van der Waals surface area contributed by atoms with E-state index < -0.39 is 17.8 Å². The number of benzene rings is 2. The van der Waals surface area contributed by atoms with E-state index in [2.05, 4.69) is 9.97 Å². The zero-order valence-corrected chi connectivity index (χ0v) is 18.1. The smallest absolute Gasteiger partial charge is 0.416 e. The molecule has 6 rings (SSSR count). The molecule has 1 fully saturated rings. The quantitative estimate of drug-likeness (QED) is 0.479. The van der Waals surface area contributed by atoms with E-state index in [1.165, 1.54) is 6.07 Å². The van der Waals surface area contributed by atoms with E-state index in [9.17, 15) is 18.0 Å². The Morgan fingerprint density at radius 3 is 2.74 bits per heavy atom. The number of alkyl halides is 3. The van der Waals surface area contributed by atoms with E-state index in [1.807, 2.05) is 11.3 Å². The molecule has 1 amide bonds. The first kappa shape index (κ1) is 20.8. The van der Waals surface area contributed by atoms with Gasteiger partial charge in [-0.3, -0.25) is 9.20 Å². The number of nitrogens with two attached hydrogens (primary N) is 1. The first-order chi connectivity index (χ1) is 16.2. The van der Waals surface area contributed by atoms with Crippen LogP contribution >= 0.6 is 0 Å². The summed E-state index contributed by atoms with van der Waals surface area (Å²) >= 11 is 0. The monoisotopic (exact) mass is 467 g/mol. The molecule has 7 nitrogen and oxygen atoms in total. The van der Waals surface area contributed by atoms with E-state index in [0.29, 0.717) is 33.5 Å². The van der Waals surface area contributed by atoms with Crippen molar-refractivity contribution >= 4 is 28.3 Å². The van der Waals surface area contributed by atoms with Crippen LogP contribution in [0.5, 0.6) is 5.75 Å². The van der Waals surface area contributed by atoms with Gasteiger partial charge in [0.2, 0.25) is 0 Å². The molecule has 0 spiro atoms. The third kappa shape index (κ3) is 3.16. The Morgan fingerprint density at radius 1 is 1.21 bits per heavy atom. The van der Waals surface area contributed by atoms with Gasteiger partial charge in [-0.2, -0.15) is 13.2 Å². The summed E-state index contributed by atoms with van der Waals surface area (Å²) in [6.45, 7) is 1.96. The van der Waals surface area contributed by atoms with Crippen LogP contribution in [0.3, 0.4) is 0 Å². The highest BCUT2D eigenvalue weighted by atomic mass is 19.4. The van der Waals surface area contributed by atoms with Gasteiger partial charge in [-0.1, -0.05) is 6.07 Å². The summed E-state index contributed by atoms with van der Waals surface area (Å²) in [5, 5.41) is 0. The van der Waals surface area contributed by atoms with Crippen molar-refractivity contribution in [1.82, 2.24) is 19.3 Å². The van der Waals surface area contributed by atoms with Crippen molar-refractivity contribution in [3.8, 4) is 5.75 Å². The Bertz CT molecular complexity index is 1480. The molecule has 1 aliphatic carbocycles. The molecule has 0 unspecified atom stereocenters. The minimum atomic E-state index is -4.46. The highest BCUT2D eigenvalue weighted by molar-refractivity contribution is 5.99. The van der Waals surface area contributed by atoms with Crippen molar-refractivity contribution in [2.75, 3.05) is 12.3 Å². The van der Waals surface area contributed by atoms with Gasteiger partial charge in [0, 0.05) is 17.2 Å². The molecule has 0 saturated heterocycles. The van der Waals surface area contributed by atoms with Gasteiger partial charge >= 0.3 is 6.18 Å². The summed E-state index contributed by atoms with van der Waals surface area (Å²) in [4.78, 5) is 24.2. The second-order valence-corrected chi connectivity index (χ2v) is 8.77. The Labute approximate surface area is 192 Å². The van der Waals surface area contributed by atoms with Crippen LogP contribution in [-0.4, -0.2) is 37.8 Å². The fraction of sp³-hybridized carbons (Fsp3) is 0.292. The van der Waals surface area contributed by atoms with Crippen LogP contribution in [0.2, 0.25) is 0 Å². The fourth-order valence-corrected chi connectivity index (χ4v) is 4.72. The lowest BCUT2D eigenvalue weighted by Crippen LogP contribution is -2.37. The highest BCUT2D eigenvalue weighted by Gasteiger charge is 2.43. The van der Waals surface area contributed by atoms with Gasteiger partial charge in [-0.25, -0.2) is 9.97 Å². The van der Waals surface area contributed by atoms with Crippen LogP contribution in [0, 0.1) is 6.92 Å². The first-order valence-electron chi connectivity index (χ1n) is 10.9. The van der Waals surface area contributed by atoms with Crippen LogP contribution in [-0.2, 0) is 6.18 Å². The van der Waals surface area contributed by atoms with Gasteiger partial charge in [0.15, 0.2) is 0 Å². The predicted octanol–water partition coefficient (Wildman–Crippen LogP) is 4.53. The van der Waals surface area contributed by atoms with E-state index in [0.717, 1.165) is 30.7 Å². The molecule has 2 aliphatic rings.